The van der Waals surface area contributed by atoms with Gasteiger partial charge in [-0.1, -0.05) is 76.2 Å². The number of aliphatic hydroxyl groups excluding tert-OH is 2. The Morgan fingerprint density at radius 2 is 1.56 bits per heavy atom. The monoisotopic (exact) mass is 761 g/mol. The molecule has 12 heteroatoms. The lowest BCUT2D eigenvalue weighted by molar-refractivity contribution is -0.301. The summed E-state index contributed by atoms with van der Waals surface area (Å²) in [5, 5.41) is 39.5. The third kappa shape index (κ3) is 6.68. The van der Waals surface area contributed by atoms with Crippen molar-refractivity contribution < 1.29 is 53.4 Å². The lowest BCUT2D eigenvalue weighted by Gasteiger charge is -2.68. The number of hydrogen-bond donors (Lipinski definition) is 4. The number of ketones is 1. The molecule has 0 aromatic heterocycles. The Balaban J connectivity index is 1.38. The van der Waals surface area contributed by atoms with Crippen LogP contribution in [0.3, 0.4) is 0 Å². The number of aliphatic hydroxyl groups is 3. The summed E-state index contributed by atoms with van der Waals surface area (Å²) >= 11 is 0. The van der Waals surface area contributed by atoms with Crippen LogP contribution in [-0.4, -0.2) is 87.5 Å². The van der Waals surface area contributed by atoms with Gasteiger partial charge < -0.3 is 39.6 Å². The molecule has 3 aliphatic carbocycles. The maximum atomic E-state index is 15.1. The normalized spacial score (nSPS) is 35.0. The summed E-state index contributed by atoms with van der Waals surface area (Å²) in [4.78, 5) is 55.4. The summed E-state index contributed by atoms with van der Waals surface area (Å²) in [7, 11) is 0. The van der Waals surface area contributed by atoms with Gasteiger partial charge in [0.25, 0.3) is 0 Å². The molecule has 2 saturated carbocycles. The van der Waals surface area contributed by atoms with Gasteiger partial charge in [-0.15, -0.1) is 0 Å². The predicted octanol–water partition coefficient (Wildman–Crippen LogP) is 5.24. The number of ether oxygens (including phenoxy) is 4. The molecule has 1 amide bonds. The van der Waals surface area contributed by atoms with Crippen LogP contribution in [0, 0.1) is 28.1 Å². The average Bonchev–Trinajstić information content (AvgIpc) is 3.12. The van der Waals surface area contributed by atoms with Gasteiger partial charge in [-0.25, -0.2) is 14.4 Å². The number of Topliss-reactive ketones (excluding diaryl/α,β-unsaturated/α-hetero) is 1. The van der Waals surface area contributed by atoms with E-state index in [2.05, 4.69) is 5.32 Å². The van der Waals surface area contributed by atoms with Crippen molar-refractivity contribution >= 4 is 23.8 Å². The fourth-order valence-electron chi connectivity index (χ4n) is 10.3. The highest BCUT2D eigenvalue weighted by atomic mass is 16.6. The van der Waals surface area contributed by atoms with Crippen molar-refractivity contribution in [2.75, 3.05) is 6.61 Å². The van der Waals surface area contributed by atoms with Crippen molar-refractivity contribution in [1.82, 2.24) is 5.32 Å². The van der Waals surface area contributed by atoms with Gasteiger partial charge in [0.15, 0.2) is 11.9 Å². The largest absolute Gasteiger partial charge is 0.458 e. The van der Waals surface area contributed by atoms with E-state index in [9.17, 15) is 29.7 Å². The maximum Gasteiger partial charge on any atom is 0.408 e. The molecule has 55 heavy (non-hydrogen) atoms. The molecular formula is C43H55NO11. The zero-order valence-corrected chi connectivity index (χ0v) is 33.1. The average molecular weight is 762 g/mol. The van der Waals surface area contributed by atoms with Crippen molar-refractivity contribution in [2.45, 2.75) is 123 Å². The molecule has 0 radical (unpaired) electrons. The van der Waals surface area contributed by atoms with Gasteiger partial charge >= 0.3 is 18.0 Å². The van der Waals surface area contributed by atoms with E-state index >= 15 is 4.79 Å². The predicted molar refractivity (Wildman–Crippen MR) is 200 cm³/mol. The zero-order valence-electron chi connectivity index (χ0n) is 33.1. The van der Waals surface area contributed by atoms with Crippen LogP contribution >= 0.6 is 0 Å². The molecule has 6 rings (SSSR count). The van der Waals surface area contributed by atoms with Crippen LogP contribution in [-0.2, 0) is 28.5 Å². The first-order valence-corrected chi connectivity index (χ1v) is 19.0. The number of carbonyl (C=O) groups excluding carboxylic acids is 4. The van der Waals surface area contributed by atoms with E-state index in [-0.39, 0.29) is 18.4 Å². The van der Waals surface area contributed by atoms with Crippen molar-refractivity contribution in [3.8, 4) is 0 Å². The Labute approximate surface area is 322 Å². The second kappa shape index (κ2) is 14.1. The molecule has 1 saturated heterocycles. The minimum Gasteiger partial charge on any atom is -0.458 e. The third-order valence-electron chi connectivity index (χ3n) is 13.2. The number of hydrogen-bond acceptors (Lipinski definition) is 11. The van der Waals surface area contributed by atoms with E-state index in [0.717, 1.165) is 0 Å². The number of esters is 2. The van der Waals surface area contributed by atoms with Crippen LogP contribution in [0.25, 0.3) is 0 Å². The molecule has 1 aliphatic heterocycles. The van der Waals surface area contributed by atoms with E-state index in [4.69, 9.17) is 18.9 Å². The van der Waals surface area contributed by atoms with E-state index in [1.807, 2.05) is 13.8 Å². The Morgan fingerprint density at radius 1 is 0.964 bits per heavy atom. The van der Waals surface area contributed by atoms with E-state index < -0.39 is 99.7 Å². The molecule has 2 aromatic carbocycles. The number of benzene rings is 2. The van der Waals surface area contributed by atoms with Gasteiger partial charge in [-0.05, 0) is 75.3 Å². The van der Waals surface area contributed by atoms with E-state index in [1.54, 1.807) is 109 Å². The highest BCUT2D eigenvalue weighted by molar-refractivity contribution is 5.94. The van der Waals surface area contributed by atoms with Gasteiger partial charge in [-0.3, -0.25) is 4.79 Å². The maximum absolute atomic E-state index is 15.1. The van der Waals surface area contributed by atoms with Crippen molar-refractivity contribution in [1.29, 1.82) is 0 Å². The molecule has 3 fully saturated rings. The summed E-state index contributed by atoms with van der Waals surface area (Å²) in [6.07, 6.45) is -6.98. The van der Waals surface area contributed by atoms with Crippen molar-refractivity contribution in [3.05, 3.63) is 82.9 Å². The number of nitrogens with one attached hydrogen (secondary N) is 1. The summed E-state index contributed by atoms with van der Waals surface area (Å²) in [5.41, 5.74) is -4.57. The fourth-order valence-corrected chi connectivity index (χ4v) is 10.3. The molecule has 1 heterocycles. The van der Waals surface area contributed by atoms with Gasteiger partial charge in [-0.2, -0.15) is 0 Å². The molecule has 298 valence electrons. The lowest BCUT2D eigenvalue weighted by Crippen LogP contribution is -2.75. The summed E-state index contributed by atoms with van der Waals surface area (Å²) < 4.78 is 23.7. The summed E-state index contributed by atoms with van der Waals surface area (Å²) in [5.74, 6) is -3.62. The van der Waals surface area contributed by atoms with E-state index in [0.29, 0.717) is 23.3 Å². The number of fused-ring (bicyclic) bond motifs is 5. The first kappa shape index (κ1) is 40.6. The molecule has 11 atom stereocenters. The second-order valence-corrected chi connectivity index (χ2v) is 17.9. The minimum absolute atomic E-state index is 0.131. The topological polar surface area (TPSA) is 178 Å². The highest BCUT2D eigenvalue weighted by Gasteiger charge is 2.73. The first-order valence-electron chi connectivity index (χ1n) is 19.0. The Kier molecular flexibility index (Phi) is 10.4. The third-order valence-corrected chi connectivity index (χ3v) is 13.2. The van der Waals surface area contributed by atoms with Crippen molar-refractivity contribution in [3.63, 3.8) is 0 Å². The standard InChI is InChI=1S/C43H55NO11/c1-23-27(53-37(49)33(46)31(25-16-12-10-13-17-25)44-38(50)55-39(3,4)5)21-43(51)24(2)34-41(8)22-52-28(41)20-29(54-36(48)26-18-14-11-15-19-26)42(34,9)35(47)32(45)30(23)40(43,6)7/h10-19,24,27-29,31-34,45-46,51H,20-22H2,1-9H3,(H,44,50)/t24?,27-,28+,29-,31-,32+,33+,34?,41+,42+,43+/m0/s1. The van der Waals surface area contributed by atoms with Crippen LogP contribution in [0.4, 0.5) is 4.79 Å². The zero-order chi connectivity index (χ0) is 40.5. The Bertz CT molecular complexity index is 1850. The molecule has 2 aromatic rings. The first-order chi connectivity index (χ1) is 25.6. The highest BCUT2D eigenvalue weighted by Crippen LogP contribution is 2.67. The van der Waals surface area contributed by atoms with Crippen LogP contribution in [0.5, 0.6) is 0 Å². The van der Waals surface area contributed by atoms with Crippen LogP contribution in [0.1, 0.15) is 97.1 Å². The summed E-state index contributed by atoms with van der Waals surface area (Å²) in [6, 6.07) is 15.6. The van der Waals surface area contributed by atoms with Crippen LogP contribution < -0.4 is 5.32 Å². The molecule has 2 bridgehead atoms. The van der Waals surface area contributed by atoms with Crippen LogP contribution in [0.2, 0.25) is 0 Å². The lowest BCUT2D eigenvalue weighted by atomic mass is 9.40. The molecule has 4 aliphatic rings. The molecule has 12 nitrogen and oxygen atoms in total. The second-order valence-electron chi connectivity index (χ2n) is 17.9. The minimum atomic E-state index is -1.90. The van der Waals surface area contributed by atoms with Gasteiger partial charge in [0, 0.05) is 23.7 Å². The molecule has 2 unspecified atom stereocenters. The molecule has 0 spiro atoms. The smallest absolute Gasteiger partial charge is 0.408 e. The van der Waals surface area contributed by atoms with Crippen LogP contribution in [0.15, 0.2) is 71.8 Å². The summed E-state index contributed by atoms with van der Waals surface area (Å²) in [6.45, 7) is 16.1. The molecular weight excluding hydrogens is 706 g/mol. The number of carbonyl (C=O) groups is 4. The Hall–Kier alpha value is -4.10. The van der Waals surface area contributed by atoms with Gasteiger partial charge in [0.2, 0.25) is 0 Å². The molecule has 4 N–H and O–H groups in total. The number of amides is 1. The van der Waals surface area contributed by atoms with E-state index in [1.165, 1.54) is 0 Å². The van der Waals surface area contributed by atoms with Crippen molar-refractivity contribution in [2.24, 2.45) is 28.1 Å². The van der Waals surface area contributed by atoms with Gasteiger partial charge in [0.1, 0.15) is 23.9 Å². The number of alkyl carbamates (subject to hydrolysis) is 1. The fraction of sp³-hybridized carbons (Fsp3) is 0.581. The van der Waals surface area contributed by atoms with Gasteiger partial charge in [0.05, 0.1) is 35.3 Å². The Morgan fingerprint density at radius 3 is 2.13 bits per heavy atom. The SMILES string of the molecule is CC1=C2[C@@H](O)C(=O)[C@@]3(C)C(C(C)[C@](O)(C[C@@H]1OC(=O)[C@H](O)[C@@H](NC(=O)OC(C)(C)C)c1ccccc1)C2(C)C)[C@]1(C)CO[C@@H]1C[C@@H]3OC(=O)c1ccccc1. The number of rotatable bonds is 7. The quantitative estimate of drug-likeness (QED) is 0.165.